The molecule has 1 aromatic heterocycles. The van der Waals surface area contributed by atoms with Crippen molar-refractivity contribution < 1.29 is 4.79 Å². The van der Waals surface area contributed by atoms with Gasteiger partial charge in [-0.25, -0.2) is 0 Å². The molecule has 0 radical (unpaired) electrons. The normalized spacial score (nSPS) is 14.0. The van der Waals surface area contributed by atoms with Crippen molar-refractivity contribution in [3.05, 3.63) is 65.4 Å². The number of hydrogen-bond acceptors (Lipinski definition) is 4. The molecule has 5 heteroatoms. The Kier molecular flexibility index (Phi) is 4.52. The fourth-order valence-electron chi connectivity index (χ4n) is 3.51. The Morgan fingerprint density at radius 2 is 1.81 bits per heavy atom. The number of hydrogen-bond donors (Lipinski definition) is 1. The van der Waals surface area contributed by atoms with Gasteiger partial charge in [-0.1, -0.05) is 54.1 Å². The van der Waals surface area contributed by atoms with Crippen molar-refractivity contribution in [3.8, 4) is 0 Å². The van der Waals surface area contributed by atoms with Crippen molar-refractivity contribution in [2.45, 2.75) is 26.3 Å². The Morgan fingerprint density at radius 3 is 2.58 bits per heavy atom. The van der Waals surface area contributed by atoms with E-state index < -0.39 is 0 Å². The topological polar surface area (TPSA) is 58.1 Å². The second-order valence-electron chi connectivity index (χ2n) is 6.78. The minimum atomic E-state index is -0.192. The minimum absolute atomic E-state index is 0.192. The van der Waals surface area contributed by atoms with Gasteiger partial charge in [0.05, 0.1) is 0 Å². The molecule has 132 valence electrons. The second-order valence-corrected chi connectivity index (χ2v) is 6.78. The van der Waals surface area contributed by atoms with E-state index in [2.05, 4.69) is 26.5 Å². The SMILES string of the molecule is Cc1cccc(CNC(=O)c2nnc(N3CCCC3)c3ccccc23)c1. The van der Waals surface area contributed by atoms with Crippen LogP contribution in [0.2, 0.25) is 0 Å². The monoisotopic (exact) mass is 346 g/mol. The van der Waals surface area contributed by atoms with Gasteiger partial charge < -0.3 is 10.2 Å². The molecule has 1 amide bonds. The molecule has 0 aliphatic carbocycles. The molecular formula is C21H22N4O. The highest BCUT2D eigenvalue weighted by Gasteiger charge is 2.20. The van der Waals surface area contributed by atoms with E-state index in [1.807, 2.05) is 49.4 Å². The van der Waals surface area contributed by atoms with Gasteiger partial charge in [0.25, 0.3) is 5.91 Å². The van der Waals surface area contributed by atoms with Crippen LogP contribution in [0.15, 0.2) is 48.5 Å². The summed E-state index contributed by atoms with van der Waals surface area (Å²) < 4.78 is 0. The van der Waals surface area contributed by atoms with Crippen LogP contribution in [-0.4, -0.2) is 29.2 Å². The first-order chi connectivity index (χ1) is 12.7. The summed E-state index contributed by atoms with van der Waals surface area (Å²) in [5.74, 6) is 0.691. The second kappa shape index (κ2) is 7.12. The summed E-state index contributed by atoms with van der Waals surface area (Å²) in [4.78, 5) is 15.0. The van der Waals surface area contributed by atoms with Crippen LogP contribution in [0, 0.1) is 6.92 Å². The molecule has 26 heavy (non-hydrogen) atoms. The van der Waals surface area contributed by atoms with E-state index in [9.17, 15) is 4.79 Å². The first-order valence-electron chi connectivity index (χ1n) is 9.06. The smallest absolute Gasteiger partial charge is 0.272 e. The van der Waals surface area contributed by atoms with Crippen LogP contribution in [0.4, 0.5) is 5.82 Å². The van der Waals surface area contributed by atoms with E-state index in [0.717, 1.165) is 35.2 Å². The largest absolute Gasteiger partial charge is 0.355 e. The number of amides is 1. The molecule has 0 saturated carbocycles. The molecule has 2 heterocycles. The minimum Gasteiger partial charge on any atom is -0.355 e. The van der Waals surface area contributed by atoms with Crippen molar-refractivity contribution in [3.63, 3.8) is 0 Å². The van der Waals surface area contributed by atoms with Gasteiger partial charge in [-0.3, -0.25) is 4.79 Å². The molecule has 0 bridgehead atoms. The fraction of sp³-hybridized carbons (Fsp3) is 0.286. The number of carbonyl (C=O) groups excluding carboxylic acids is 1. The summed E-state index contributed by atoms with van der Waals surface area (Å²) in [6.45, 7) is 4.51. The fourth-order valence-corrected chi connectivity index (χ4v) is 3.51. The quantitative estimate of drug-likeness (QED) is 0.786. The Bertz CT molecular complexity index is 948. The lowest BCUT2D eigenvalue weighted by atomic mass is 10.1. The van der Waals surface area contributed by atoms with Gasteiger partial charge in [0.1, 0.15) is 0 Å². The van der Waals surface area contributed by atoms with Crippen LogP contribution in [0.25, 0.3) is 10.8 Å². The molecule has 1 aliphatic rings. The zero-order valence-electron chi connectivity index (χ0n) is 14.9. The Labute approximate surface area is 153 Å². The lowest BCUT2D eigenvalue weighted by molar-refractivity contribution is 0.0947. The first kappa shape index (κ1) is 16.5. The Hall–Kier alpha value is -2.95. The molecule has 1 N–H and O–H groups in total. The van der Waals surface area contributed by atoms with Gasteiger partial charge in [0, 0.05) is 30.4 Å². The number of nitrogens with zero attached hydrogens (tertiary/aromatic N) is 3. The maximum Gasteiger partial charge on any atom is 0.272 e. The molecule has 1 saturated heterocycles. The van der Waals surface area contributed by atoms with Gasteiger partial charge in [0.15, 0.2) is 11.5 Å². The van der Waals surface area contributed by atoms with Gasteiger partial charge in [0.2, 0.25) is 0 Å². The number of benzene rings is 2. The average Bonchev–Trinajstić information content (AvgIpc) is 3.20. The van der Waals surface area contributed by atoms with Crippen LogP contribution >= 0.6 is 0 Å². The number of anilines is 1. The Balaban J connectivity index is 1.62. The zero-order valence-corrected chi connectivity index (χ0v) is 14.9. The van der Waals surface area contributed by atoms with Crippen molar-refractivity contribution >= 4 is 22.5 Å². The average molecular weight is 346 g/mol. The first-order valence-corrected chi connectivity index (χ1v) is 9.06. The number of nitrogens with one attached hydrogen (secondary N) is 1. The molecule has 1 aliphatic heterocycles. The number of rotatable bonds is 4. The highest BCUT2D eigenvalue weighted by Crippen LogP contribution is 2.28. The molecule has 4 rings (SSSR count). The standard InChI is InChI=1S/C21H22N4O/c1-15-7-6-8-16(13-15)14-22-21(26)19-17-9-2-3-10-18(17)20(24-23-19)25-11-4-5-12-25/h2-3,6-10,13H,4-5,11-12,14H2,1H3,(H,22,26). The van der Waals surface area contributed by atoms with Crippen LogP contribution in [-0.2, 0) is 6.54 Å². The van der Waals surface area contributed by atoms with Crippen LogP contribution in [0.1, 0.15) is 34.5 Å². The number of carbonyl (C=O) groups is 1. The summed E-state index contributed by atoms with van der Waals surface area (Å²) in [5, 5.41) is 13.5. The molecule has 1 fully saturated rings. The van der Waals surface area contributed by atoms with Crippen molar-refractivity contribution in [2.24, 2.45) is 0 Å². The third kappa shape index (κ3) is 3.25. The van der Waals surface area contributed by atoms with Crippen LogP contribution < -0.4 is 10.2 Å². The lowest BCUT2D eigenvalue weighted by Gasteiger charge is -2.18. The molecule has 5 nitrogen and oxygen atoms in total. The molecule has 0 unspecified atom stereocenters. The predicted molar refractivity (Wildman–Crippen MR) is 103 cm³/mol. The zero-order chi connectivity index (χ0) is 17.9. The van der Waals surface area contributed by atoms with E-state index in [-0.39, 0.29) is 5.91 Å². The number of aromatic nitrogens is 2. The number of fused-ring (bicyclic) bond motifs is 1. The Morgan fingerprint density at radius 1 is 1.04 bits per heavy atom. The molecule has 2 aromatic carbocycles. The van der Waals surface area contributed by atoms with Gasteiger partial charge in [-0.05, 0) is 25.3 Å². The lowest BCUT2D eigenvalue weighted by Crippen LogP contribution is -2.26. The predicted octanol–water partition coefficient (Wildman–Crippen LogP) is 3.47. The van der Waals surface area contributed by atoms with E-state index >= 15 is 0 Å². The van der Waals surface area contributed by atoms with Crippen LogP contribution in [0.5, 0.6) is 0 Å². The van der Waals surface area contributed by atoms with E-state index in [4.69, 9.17) is 0 Å². The van der Waals surface area contributed by atoms with Gasteiger partial charge in [-0.2, -0.15) is 0 Å². The maximum atomic E-state index is 12.7. The molecular weight excluding hydrogens is 324 g/mol. The van der Waals surface area contributed by atoms with Gasteiger partial charge in [-0.15, -0.1) is 10.2 Å². The highest BCUT2D eigenvalue weighted by molar-refractivity contribution is 6.07. The van der Waals surface area contributed by atoms with E-state index in [1.54, 1.807) is 0 Å². The maximum absolute atomic E-state index is 12.7. The van der Waals surface area contributed by atoms with Crippen molar-refractivity contribution in [1.82, 2.24) is 15.5 Å². The third-order valence-corrected chi connectivity index (χ3v) is 4.82. The van der Waals surface area contributed by atoms with E-state index in [1.165, 1.54) is 18.4 Å². The van der Waals surface area contributed by atoms with Crippen molar-refractivity contribution in [1.29, 1.82) is 0 Å². The number of aryl methyl sites for hydroxylation is 1. The van der Waals surface area contributed by atoms with Gasteiger partial charge >= 0.3 is 0 Å². The third-order valence-electron chi connectivity index (χ3n) is 4.82. The molecule has 0 spiro atoms. The summed E-state index contributed by atoms with van der Waals surface area (Å²) >= 11 is 0. The van der Waals surface area contributed by atoms with E-state index in [0.29, 0.717) is 12.2 Å². The summed E-state index contributed by atoms with van der Waals surface area (Å²) in [6.07, 6.45) is 2.35. The summed E-state index contributed by atoms with van der Waals surface area (Å²) in [6, 6.07) is 16.0. The molecule has 0 atom stereocenters. The highest BCUT2D eigenvalue weighted by atomic mass is 16.1. The van der Waals surface area contributed by atoms with Crippen LogP contribution in [0.3, 0.4) is 0 Å². The van der Waals surface area contributed by atoms with Crippen molar-refractivity contribution in [2.75, 3.05) is 18.0 Å². The summed E-state index contributed by atoms with van der Waals surface area (Å²) in [5.41, 5.74) is 2.64. The molecule has 3 aromatic rings. The summed E-state index contributed by atoms with van der Waals surface area (Å²) in [7, 11) is 0.